The molecule has 0 aromatic carbocycles. The van der Waals surface area contributed by atoms with Gasteiger partial charge in [0.05, 0.1) is 16.9 Å². The normalized spacial score (nSPS) is 23.8. The summed E-state index contributed by atoms with van der Waals surface area (Å²) in [6.07, 6.45) is -7.59. The molecule has 0 aliphatic carbocycles. The standard InChI is InChI=1S/C19H22F6N4O/c1-10-6-4-3-5-7-17(2,19(23,24)25)16-29-28-15(30-16)14-12(26)9-11(18(20,21)22)13(8-10)27-14/h9-10H,3-8,26H2,1-2H3. The van der Waals surface area contributed by atoms with Crippen molar-refractivity contribution in [2.24, 2.45) is 5.92 Å². The maximum atomic E-state index is 13.8. The van der Waals surface area contributed by atoms with Gasteiger partial charge in [0.2, 0.25) is 5.89 Å². The highest BCUT2D eigenvalue weighted by Gasteiger charge is 2.55. The van der Waals surface area contributed by atoms with Crippen molar-refractivity contribution >= 4 is 5.69 Å². The molecule has 2 aromatic heterocycles. The van der Waals surface area contributed by atoms with E-state index in [1.165, 1.54) is 0 Å². The number of halogens is 6. The van der Waals surface area contributed by atoms with Crippen LogP contribution < -0.4 is 5.73 Å². The van der Waals surface area contributed by atoms with Gasteiger partial charge in [-0.3, -0.25) is 0 Å². The summed E-state index contributed by atoms with van der Waals surface area (Å²) >= 11 is 0. The summed E-state index contributed by atoms with van der Waals surface area (Å²) < 4.78 is 87.2. The molecule has 0 amide bonds. The van der Waals surface area contributed by atoms with Gasteiger partial charge < -0.3 is 10.2 Å². The number of anilines is 1. The Kier molecular flexibility index (Phi) is 5.76. The summed E-state index contributed by atoms with van der Waals surface area (Å²) in [5.41, 5.74) is 1.52. The van der Waals surface area contributed by atoms with E-state index in [0.29, 0.717) is 19.3 Å². The Labute approximate surface area is 169 Å². The highest BCUT2D eigenvalue weighted by atomic mass is 19.4. The maximum absolute atomic E-state index is 13.8. The third kappa shape index (κ3) is 4.24. The number of nitrogens with zero attached hydrogens (tertiary/aromatic N) is 3. The molecule has 2 unspecified atom stereocenters. The molecular weight excluding hydrogens is 414 g/mol. The molecule has 0 saturated heterocycles. The minimum atomic E-state index is -4.67. The van der Waals surface area contributed by atoms with Crippen LogP contribution in [0.25, 0.3) is 11.6 Å². The van der Waals surface area contributed by atoms with Crippen molar-refractivity contribution in [1.29, 1.82) is 0 Å². The second-order valence-electron chi connectivity index (χ2n) is 8.07. The average Bonchev–Trinajstić information content (AvgIpc) is 3.10. The number of nitrogens with two attached hydrogens (primary N) is 1. The summed E-state index contributed by atoms with van der Waals surface area (Å²) in [6.45, 7) is 2.77. The first kappa shape index (κ1) is 22.4. The zero-order chi connectivity index (χ0) is 22.3. The van der Waals surface area contributed by atoms with E-state index in [9.17, 15) is 26.3 Å². The molecule has 2 atom stereocenters. The van der Waals surface area contributed by atoms with Gasteiger partial charge in [-0.25, -0.2) is 4.98 Å². The topological polar surface area (TPSA) is 77.8 Å². The van der Waals surface area contributed by atoms with E-state index in [-0.39, 0.29) is 36.6 Å². The quantitative estimate of drug-likeness (QED) is 0.537. The lowest BCUT2D eigenvalue weighted by Gasteiger charge is -2.28. The molecule has 2 N–H and O–H groups in total. The Bertz CT molecular complexity index is 907. The van der Waals surface area contributed by atoms with Crippen LogP contribution in [0.4, 0.5) is 32.0 Å². The Hall–Kier alpha value is -2.33. The van der Waals surface area contributed by atoms with Crippen molar-refractivity contribution in [2.75, 3.05) is 5.73 Å². The van der Waals surface area contributed by atoms with Gasteiger partial charge in [0.25, 0.3) is 5.89 Å². The van der Waals surface area contributed by atoms with Crippen LogP contribution in [0.5, 0.6) is 0 Å². The lowest BCUT2D eigenvalue weighted by molar-refractivity contribution is -0.194. The fraction of sp³-hybridized carbons (Fsp3) is 0.632. The molecule has 30 heavy (non-hydrogen) atoms. The number of hydrogen-bond acceptors (Lipinski definition) is 5. The molecule has 4 bridgehead atoms. The van der Waals surface area contributed by atoms with Gasteiger partial charge in [-0.1, -0.05) is 32.6 Å². The van der Waals surface area contributed by atoms with Crippen molar-refractivity contribution in [3.8, 4) is 11.6 Å². The minimum absolute atomic E-state index is 0.0450. The molecule has 1 aliphatic heterocycles. The Balaban J connectivity index is 2.17. The first-order chi connectivity index (χ1) is 13.8. The number of aromatic nitrogens is 3. The van der Waals surface area contributed by atoms with Crippen molar-refractivity contribution in [3.05, 3.63) is 23.2 Å². The highest BCUT2D eigenvalue weighted by Crippen LogP contribution is 2.45. The largest absolute Gasteiger partial charge is 0.418 e. The van der Waals surface area contributed by atoms with E-state index in [1.807, 2.05) is 0 Å². The molecule has 0 saturated carbocycles. The number of nitrogen functional groups attached to an aromatic ring is 1. The fourth-order valence-corrected chi connectivity index (χ4v) is 3.63. The van der Waals surface area contributed by atoms with Gasteiger partial charge in [-0.15, -0.1) is 10.2 Å². The zero-order valence-electron chi connectivity index (χ0n) is 16.5. The van der Waals surface area contributed by atoms with Crippen LogP contribution in [0, 0.1) is 5.92 Å². The number of alkyl halides is 6. The molecule has 166 valence electrons. The summed E-state index contributed by atoms with van der Waals surface area (Å²) in [6, 6.07) is 0.725. The summed E-state index contributed by atoms with van der Waals surface area (Å²) in [4.78, 5) is 4.01. The van der Waals surface area contributed by atoms with E-state index in [1.54, 1.807) is 6.92 Å². The first-order valence-corrected chi connectivity index (χ1v) is 9.60. The van der Waals surface area contributed by atoms with Crippen molar-refractivity contribution in [3.63, 3.8) is 0 Å². The summed E-state index contributed by atoms with van der Waals surface area (Å²) in [5.74, 6) is -1.24. The van der Waals surface area contributed by atoms with E-state index < -0.39 is 40.8 Å². The second kappa shape index (κ2) is 7.73. The predicted molar refractivity (Wildman–Crippen MR) is 96.3 cm³/mol. The monoisotopic (exact) mass is 436 g/mol. The average molecular weight is 436 g/mol. The van der Waals surface area contributed by atoms with Gasteiger partial charge in [0, 0.05) is 0 Å². The van der Waals surface area contributed by atoms with Gasteiger partial charge in [0.15, 0.2) is 5.69 Å². The molecule has 3 heterocycles. The first-order valence-electron chi connectivity index (χ1n) is 9.60. The van der Waals surface area contributed by atoms with Crippen LogP contribution in [-0.2, 0) is 18.0 Å². The molecule has 0 spiro atoms. The van der Waals surface area contributed by atoms with Crippen molar-refractivity contribution in [1.82, 2.24) is 15.2 Å². The van der Waals surface area contributed by atoms with E-state index in [0.717, 1.165) is 13.0 Å². The fourth-order valence-electron chi connectivity index (χ4n) is 3.63. The molecule has 1 aliphatic rings. The third-order valence-electron chi connectivity index (χ3n) is 5.58. The molecular formula is C19H22F6N4O. The number of pyridine rings is 1. The lowest BCUT2D eigenvalue weighted by Crippen LogP contribution is -2.40. The van der Waals surface area contributed by atoms with Crippen LogP contribution >= 0.6 is 0 Å². The van der Waals surface area contributed by atoms with Crippen molar-refractivity contribution < 1.29 is 30.8 Å². The minimum Gasteiger partial charge on any atom is -0.418 e. The van der Waals surface area contributed by atoms with Gasteiger partial charge in [-0.05, 0) is 31.7 Å². The van der Waals surface area contributed by atoms with Crippen LogP contribution in [0.1, 0.15) is 63.1 Å². The van der Waals surface area contributed by atoms with Crippen LogP contribution in [0.15, 0.2) is 10.5 Å². The van der Waals surface area contributed by atoms with E-state index >= 15 is 0 Å². The number of rotatable bonds is 0. The van der Waals surface area contributed by atoms with Gasteiger partial charge in [0.1, 0.15) is 5.41 Å². The molecule has 11 heteroatoms. The molecule has 2 aromatic rings. The third-order valence-corrected chi connectivity index (χ3v) is 5.58. The van der Waals surface area contributed by atoms with Crippen LogP contribution in [0.2, 0.25) is 0 Å². The molecule has 0 fully saturated rings. The molecule has 5 nitrogen and oxygen atoms in total. The van der Waals surface area contributed by atoms with Crippen molar-refractivity contribution in [2.45, 2.75) is 70.1 Å². The summed E-state index contributed by atoms with van der Waals surface area (Å²) in [5, 5.41) is 7.18. The van der Waals surface area contributed by atoms with Gasteiger partial charge >= 0.3 is 12.4 Å². The smallest absolute Gasteiger partial charge is 0.418 e. The SMILES string of the molecule is CC1CCCCCC(C)(C(F)(F)F)c2nnc(o2)-c2nc(c(C(F)(F)F)cc2N)C1. The maximum Gasteiger partial charge on any atom is 0.418 e. The number of hydrogen-bond donors (Lipinski definition) is 1. The van der Waals surface area contributed by atoms with Crippen LogP contribution in [-0.4, -0.2) is 21.4 Å². The highest BCUT2D eigenvalue weighted by molar-refractivity contribution is 5.67. The Morgan fingerprint density at radius 2 is 1.80 bits per heavy atom. The van der Waals surface area contributed by atoms with E-state index in [2.05, 4.69) is 15.2 Å². The molecule has 0 radical (unpaired) electrons. The Morgan fingerprint density at radius 1 is 1.10 bits per heavy atom. The summed E-state index contributed by atoms with van der Waals surface area (Å²) in [7, 11) is 0. The van der Waals surface area contributed by atoms with E-state index in [4.69, 9.17) is 10.2 Å². The van der Waals surface area contributed by atoms with Gasteiger partial charge in [-0.2, -0.15) is 26.3 Å². The zero-order valence-corrected chi connectivity index (χ0v) is 16.5. The second-order valence-corrected chi connectivity index (χ2v) is 8.07. The Morgan fingerprint density at radius 3 is 2.43 bits per heavy atom. The lowest BCUT2D eigenvalue weighted by atomic mass is 9.83. The molecule has 3 rings (SSSR count). The number of fused-ring (bicyclic) bond motifs is 5. The van der Waals surface area contributed by atoms with Crippen LogP contribution in [0.3, 0.4) is 0 Å². The predicted octanol–water partition coefficient (Wildman–Crippen LogP) is 5.70.